The number of rotatable bonds is 5. The first kappa shape index (κ1) is 19.0. The van der Waals surface area contributed by atoms with Crippen molar-refractivity contribution in [2.75, 3.05) is 36.5 Å². The van der Waals surface area contributed by atoms with Gasteiger partial charge in [0.15, 0.2) is 11.6 Å². The van der Waals surface area contributed by atoms with Gasteiger partial charge in [-0.3, -0.25) is 4.79 Å². The minimum absolute atomic E-state index is 0.0303. The first-order valence-electron chi connectivity index (χ1n) is 8.33. The Kier molecular flexibility index (Phi) is 5.85. The lowest BCUT2D eigenvalue weighted by Crippen LogP contribution is -2.42. The van der Waals surface area contributed by atoms with Crippen molar-refractivity contribution in [2.45, 2.75) is 39.3 Å². The van der Waals surface area contributed by atoms with Crippen LogP contribution in [0.15, 0.2) is 6.07 Å². The van der Waals surface area contributed by atoms with Gasteiger partial charge in [-0.15, -0.1) is 6.42 Å². The van der Waals surface area contributed by atoms with Crippen molar-refractivity contribution in [3.8, 4) is 12.3 Å². The van der Waals surface area contributed by atoms with E-state index in [2.05, 4.69) is 21.5 Å². The Morgan fingerprint density at radius 1 is 1.44 bits per heavy atom. The first-order valence-corrected chi connectivity index (χ1v) is 8.33. The van der Waals surface area contributed by atoms with Crippen LogP contribution in [0.25, 0.3) is 0 Å². The van der Waals surface area contributed by atoms with Gasteiger partial charge >= 0.3 is 0 Å². The Balaban J connectivity index is 2.39. The maximum Gasteiger partial charge on any atom is 0.256 e. The van der Waals surface area contributed by atoms with E-state index in [1.54, 1.807) is 13.8 Å². The molecule has 0 bridgehead atoms. The predicted octanol–water partition coefficient (Wildman–Crippen LogP) is 2.02. The van der Waals surface area contributed by atoms with Crippen LogP contribution in [0, 0.1) is 18.2 Å². The van der Waals surface area contributed by atoms with Gasteiger partial charge in [-0.1, -0.05) is 5.92 Å². The number of amides is 1. The molecular weight excluding hydrogens is 323 g/mol. The molecule has 136 valence electrons. The number of anilines is 2. The SMILES string of the molecule is C#CC(C)(C)NC(=O)c1cc(F)c(N2CCOCC2)nc1NC(C)C. The highest BCUT2D eigenvalue weighted by molar-refractivity contribution is 5.99. The van der Waals surface area contributed by atoms with Crippen molar-refractivity contribution in [1.29, 1.82) is 0 Å². The molecule has 1 aliphatic heterocycles. The number of nitrogens with zero attached hydrogens (tertiary/aromatic N) is 2. The summed E-state index contributed by atoms with van der Waals surface area (Å²) in [6.07, 6.45) is 5.41. The zero-order valence-electron chi connectivity index (χ0n) is 15.1. The van der Waals surface area contributed by atoms with Gasteiger partial charge in [-0.05, 0) is 33.8 Å². The first-order chi connectivity index (χ1) is 11.7. The van der Waals surface area contributed by atoms with Crippen LogP contribution in [0.2, 0.25) is 0 Å². The number of aromatic nitrogens is 1. The summed E-state index contributed by atoms with van der Waals surface area (Å²) in [5.74, 6) is 2.04. The Morgan fingerprint density at radius 3 is 2.64 bits per heavy atom. The van der Waals surface area contributed by atoms with Crippen LogP contribution in [0.1, 0.15) is 38.1 Å². The molecule has 0 radical (unpaired) electrons. The van der Waals surface area contributed by atoms with Gasteiger partial charge in [0.05, 0.1) is 24.3 Å². The average Bonchev–Trinajstić information content (AvgIpc) is 2.56. The number of hydrogen-bond acceptors (Lipinski definition) is 5. The number of morpholine rings is 1. The molecule has 0 aliphatic carbocycles. The van der Waals surface area contributed by atoms with E-state index in [0.717, 1.165) is 0 Å². The zero-order chi connectivity index (χ0) is 18.6. The van der Waals surface area contributed by atoms with Crippen LogP contribution >= 0.6 is 0 Å². The molecule has 2 rings (SSSR count). The molecule has 0 spiro atoms. The standard InChI is InChI=1S/C18H25FN4O2/c1-6-18(4,5)22-17(24)13-11-14(19)16(21-15(13)20-12(2)3)23-7-9-25-10-8-23/h1,11-12H,7-10H2,2-5H3,(H,20,21)(H,22,24). The summed E-state index contributed by atoms with van der Waals surface area (Å²) >= 11 is 0. The third kappa shape index (κ3) is 4.83. The van der Waals surface area contributed by atoms with Gasteiger partial charge in [-0.25, -0.2) is 9.37 Å². The Bertz CT molecular complexity index is 676. The minimum Gasteiger partial charge on any atom is -0.378 e. The van der Waals surface area contributed by atoms with E-state index in [1.165, 1.54) is 6.07 Å². The molecule has 2 N–H and O–H groups in total. The van der Waals surface area contributed by atoms with E-state index in [1.807, 2.05) is 18.7 Å². The highest BCUT2D eigenvalue weighted by Gasteiger charge is 2.25. The second kappa shape index (κ2) is 7.70. The van der Waals surface area contributed by atoms with Gasteiger partial charge in [0.1, 0.15) is 5.82 Å². The largest absolute Gasteiger partial charge is 0.378 e. The van der Waals surface area contributed by atoms with Crippen molar-refractivity contribution >= 4 is 17.5 Å². The quantitative estimate of drug-likeness (QED) is 0.797. The van der Waals surface area contributed by atoms with E-state index < -0.39 is 17.3 Å². The summed E-state index contributed by atoms with van der Waals surface area (Å²) in [5.41, 5.74) is -0.711. The Labute approximate surface area is 148 Å². The number of ether oxygens (including phenoxy) is 1. The van der Waals surface area contributed by atoms with Crippen LogP contribution in [0.3, 0.4) is 0 Å². The molecule has 0 aromatic carbocycles. The van der Waals surface area contributed by atoms with Gasteiger partial charge < -0.3 is 20.3 Å². The fourth-order valence-corrected chi connectivity index (χ4v) is 2.42. The van der Waals surface area contributed by atoms with Crippen molar-refractivity contribution < 1.29 is 13.9 Å². The van der Waals surface area contributed by atoms with Gasteiger partial charge in [0, 0.05) is 19.1 Å². The molecule has 25 heavy (non-hydrogen) atoms. The number of nitrogens with one attached hydrogen (secondary N) is 2. The highest BCUT2D eigenvalue weighted by atomic mass is 19.1. The summed E-state index contributed by atoms with van der Waals surface area (Å²) < 4.78 is 19.9. The van der Waals surface area contributed by atoms with Crippen molar-refractivity contribution in [2.24, 2.45) is 0 Å². The number of terminal acetylenes is 1. The third-order valence-electron chi connectivity index (χ3n) is 3.73. The van der Waals surface area contributed by atoms with Crippen molar-refractivity contribution in [3.05, 3.63) is 17.4 Å². The molecule has 1 aromatic heterocycles. The fraction of sp³-hybridized carbons (Fsp3) is 0.556. The number of pyridine rings is 1. The monoisotopic (exact) mass is 348 g/mol. The topological polar surface area (TPSA) is 66.5 Å². The van der Waals surface area contributed by atoms with Crippen LogP contribution in [-0.2, 0) is 4.74 Å². The highest BCUT2D eigenvalue weighted by Crippen LogP contribution is 2.25. The van der Waals surface area contributed by atoms with E-state index >= 15 is 0 Å². The summed E-state index contributed by atoms with van der Waals surface area (Å²) in [7, 11) is 0. The molecule has 6 nitrogen and oxygen atoms in total. The van der Waals surface area contributed by atoms with Crippen molar-refractivity contribution in [3.63, 3.8) is 0 Å². The molecule has 2 heterocycles. The molecule has 1 fully saturated rings. The summed E-state index contributed by atoms with van der Waals surface area (Å²) in [4.78, 5) is 18.8. The molecular formula is C18H25FN4O2. The van der Waals surface area contributed by atoms with E-state index in [-0.39, 0.29) is 17.4 Å². The molecule has 1 aliphatic rings. The fourth-order valence-electron chi connectivity index (χ4n) is 2.42. The van der Waals surface area contributed by atoms with Gasteiger partial charge in [0.25, 0.3) is 5.91 Å². The smallest absolute Gasteiger partial charge is 0.256 e. The van der Waals surface area contributed by atoms with Crippen molar-refractivity contribution in [1.82, 2.24) is 10.3 Å². The average molecular weight is 348 g/mol. The molecule has 0 atom stereocenters. The predicted molar refractivity (Wildman–Crippen MR) is 96.4 cm³/mol. The normalized spacial score (nSPS) is 15.0. The molecule has 0 saturated carbocycles. The van der Waals surface area contributed by atoms with Crippen LogP contribution in [-0.4, -0.2) is 48.8 Å². The second-order valence-electron chi connectivity index (χ2n) is 6.81. The lowest BCUT2D eigenvalue weighted by Gasteiger charge is -2.29. The van der Waals surface area contributed by atoms with E-state index in [0.29, 0.717) is 32.1 Å². The molecule has 1 saturated heterocycles. The molecule has 7 heteroatoms. The Morgan fingerprint density at radius 2 is 2.08 bits per heavy atom. The molecule has 1 aromatic rings. The summed E-state index contributed by atoms with van der Waals surface area (Å²) in [5, 5.41) is 5.82. The second-order valence-corrected chi connectivity index (χ2v) is 6.81. The van der Waals surface area contributed by atoms with E-state index in [9.17, 15) is 9.18 Å². The minimum atomic E-state index is -0.842. The summed E-state index contributed by atoms with van der Waals surface area (Å²) in [6, 6.07) is 1.24. The number of hydrogen-bond donors (Lipinski definition) is 2. The number of carbonyl (C=O) groups excluding carboxylic acids is 1. The van der Waals surface area contributed by atoms with Crippen LogP contribution in [0.5, 0.6) is 0 Å². The Hall–Kier alpha value is -2.33. The lowest BCUT2D eigenvalue weighted by molar-refractivity contribution is 0.0929. The van der Waals surface area contributed by atoms with Gasteiger partial charge in [-0.2, -0.15) is 0 Å². The third-order valence-corrected chi connectivity index (χ3v) is 3.73. The van der Waals surface area contributed by atoms with Crippen LogP contribution < -0.4 is 15.5 Å². The maximum absolute atomic E-state index is 14.6. The van der Waals surface area contributed by atoms with E-state index in [4.69, 9.17) is 11.2 Å². The lowest BCUT2D eigenvalue weighted by atomic mass is 10.1. The van der Waals surface area contributed by atoms with Crippen LogP contribution in [0.4, 0.5) is 16.0 Å². The number of halogens is 1. The molecule has 0 unspecified atom stereocenters. The van der Waals surface area contributed by atoms with Gasteiger partial charge in [0.2, 0.25) is 0 Å². The molecule has 1 amide bonds. The number of carbonyl (C=O) groups is 1. The zero-order valence-corrected chi connectivity index (χ0v) is 15.1. The summed E-state index contributed by atoms with van der Waals surface area (Å²) in [6.45, 7) is 9.40. The maximum atomic E-state index is 14.6.